The van der Waals surface area contributed by atoms with Crippen molar-refractivity contribution in [1.82, 2.24) is 15.1 Å². The van der Waals surface area contributed by atoms with Gasteiger partial charge in [0.1, 0.15) is 0 Å². The zero-order valence-corrected chi connectivity index (χ0v) is 12.7. The van der Waals surface area contributed by atoms with Crippen LogP contribution in [0.2, 0.25) is 0 Å². The molecule has 0 aromatic carbocycles. The van der Waals surface area contributed by atoms with Crippen molar-refractivity contribution in [2.75, 3.05) is 6.54 Å². The Hall–Kier alpha value is -0.0600. The molecule has 1 aliphatic rings. The molecule has 0 amide bonds. The van der Waals surface area contributed by atoms with Crippen LogP contribution in [0.15, 0.2) is 4.47 Å². The predicted octanol–water partition coefficient (Wildman–Crippen LogP) is 3.08. The monoisotopic (exact) mass is 319 g/mol. The number of rotatable bonds is 6. The maximum Gasteiger partial charge on any atom is 0.0739 e. The van der Waals surface area contributed by atoms with E-state index in [1.807, 2.05) is 11.6 Å². The van der Waals surface area contributed by atoms with Crippen molar-refractivity contribution in [1.29, 1.82) is 0 Å². The van der Waals surface area contributed by atoms with Crippen LogP contribution >= 0.6 is 27.5 Å². The van der Waals surface area contributed by atoms with E-state index in [-0.39, 0.29) is 5.38 Å². The quantitative estimate of drug-likeness (QED) is 0.816. The molecular formula is C12H19BrClN3. The Morgan fingerprint density at radius 1 is 1.59 bits per heavy atom. The van der Waals surface area contributed by atoms with Gasteiger partial charge in [-0.25, -0.2) is 0 Å². The van der Waals surface area contributed by atoms with Crippen LogP contribution in [0.1, 0.15) is 31.2 Å². The van der Waals surface area contributed by atoms with Gasteiger partial charge in [-0.05, 0) is 48.5 Å². The molecule has 1 aromatic heterocycles. The summed E-state index contributed by atoms with van der Waals surface area (Å²) in [6, 6.07) is 0. The maximum absolute atomic E-state index is 6.27. The molecule has 3 nitrogen and oxygen atoms in total. The lowest BCUT2D eigenvalue weighted by molar-refractivity contribution is 0.562. The molecule has 1 fully saturated rings. The molecule has 1 aliphatic carbocycles. The van der Waals surface area contributed by atoms with Crippen molar-refractivity contribution in [3.05, 3.63) is 15.9 Å². The molecule has 0 spiro atoms. The van der Waals surface area contributed by atoms with Gasteiger partial charge in [-0.1, -0.05) is 0 Å². The SMILES string of the molecule is CCn1nc(C)c(Br)c1CNCC(Cl)C1CC1. The summed E-state index contributed by atoms with van der Waals surface area (Å²) in [5, 5.41) is 8.18. The van der Waals surface area contributed by atoms with Gasteiger partial charge in [0.2, 0.25) is 0 Å². The van der Waals surface area contributed by atoms with E-state index in [0.29, 0.717) is 0 Å². The average molecular weight is 321 g/mol. The molecule has 17 heavy (non-hydrogen) atoms. The highest BCUT2D eigenvalue weighted by atomic mass is 79.9. The zero-order valence-electron chi connectivity index (χ0n) is 10.3. The van der Waals surface area contributed by atoms with Gasteiger partial charge in [-0.15, -0.1) is 11.6 Å². The summed E-state index contributed by atoms with van der Waals surface area (Å²) in [4.78, 5) is 0. The lowest BCUT2D eigenvalue weighted by Crippen LogP contribution is -2.25. The Morgan fingerprint density at radius 2 is 2.29 bits per heavy atom. The molecule has 0 radical (unpaired) electrons. The summed E-state index contributed by atoms with van der Waals surface area (Å²) < 4.78 is 3.15. The highest BCUT2D eigenvalue weighted by Gasteiger charge is 2.29. The first-order valence-electron chi connectivity index (χ1n) is 6.20. The molecule has 1 aromatic rings. The van der Waals surface area contributed by atoms with E-state index < -0.39 is 0 Å². The summed E-state index contributed by atoms with van der Waals surface area (Å²) in [5.74, 6) is 0.741. The van der Waals surface area contributed by atoms with Crippen molar-refractivity contribution in [3.8, 4) is 0 Å². The van der Waals surface area contributed by atoms with Gasteiger partial charge in [-0.3, -0.25) is 4.68 Å². The molecule has 1 saturated carbocycles. The standard InChI is InChI=1S/C12H19BrClN3/c1-3-17-11(12(13)8(2)16-17)7-15-6-10(14)9-4-5-9/h9-10,15H,3-7H2,1-2H3. The van der Waals surface area contributed by atoms with Crippen LogP contribution in [-0.2, 0) is 13.1 Å². The largest absolute Gasteiger partial charge is 0.310 e. The molecule has 0 bridgehead atoms. The van der Waals surface area contributed by atoms with E-state index in [1.165, 1.54) is 18.5 Å². The third-order valence-electron chi connectivity index (χ3n) is 3.22. The Labute approximate surface area is 116 Å². The second-order valence-electron chi connectivity index (χ2n) is 4.65. The van der Waals surface area contributed by atoms with Gasteiger partial charge in [0.15, 0.2) is 0 Å². The van der Waals surface area contributed by atoms with Crippen LogP contribution in [0.25, 0.3) is 0 Å². The van der Waals surface area contributed by atoms with E-state index in [0.717, 1.165) is 35.7 Å². The Balaban J connectivity index is 1.88. The first-order chi connectivity index (χ1) is 8.13. The number of aromatic nitrogens is 2. The number of halogens is 2. The van der Waals surface area contributed by atoms with Crippen LogP contribution in [0.3, 0.4) is 0 Å². The first-order valence-corrected chi connectivity index (χ1v) is 7.43. The highest BCUT2D eigenvalue weighted by Crippen LogP contribution is 2.35. The second kappa shape index (κ2) is 5.72. The minimum atomic E-state index is 0.285. The number of hydrogen-bond acceptors (Lipinski definition) is 2. The maximum atomic E-state index is 6.27. The Kier molecular flexibility index (Phi) is 4.50. The number of hydrogen-bond donors (Lipinski definition) is 1. The number of alkyl halides is 1. The molecule has 96 valence electrons. The summed E-state index contributed by atoms with van der Waals surface area (Å²) in [7, 11) is 0. The lowest BCUT2D eigenvalue weighted by atomic mass is 10.3. The van der Waals surface area contributed by atoms with Crippen LogP contribution in [0.5, 0.6) is 0 Å². The van der Waals surface area contributed by atoms with Gasteiger partial charge in [0, 0.05) is 25.0 Å². The molecule has 1 heterocycles. The van der Waals surface area contributed by atoms with Gasteiger partial charge >= 0.3 is 0 Å². The van der Waals surface area contributed by atoms with Crippen molar-refractivity contribution in [2.45, 2.75) is 45.2 Å². The lowest BCUT2D eigenvalue weighted by Gasteiger charge is -2.10. The van der Waals surface area contributed by atoms with Gasteiger partial charge in [0.05, 0.1) is 15.9 Å². The van der Waals surface area contributed by atoms with Crippen molar-refractivity contribution >= 4 is 27.5 Å². The van der Waals surface area contributed by atoms with Crippen molar-refractivity contribution in [2.24, 2.45) is 5.92 Å². The van der Waals surface area contributed by atoms with Crippen LogP contribution < -0.4 is 5.32 Å². The molecule has 0 saturated heterocycles. The van der Waals surface area contributed by atoms with E-state index in [4.69, 9.17) is 11.6 Å². The summed E-state index contributed by atoms with van der Waals surface area (Å²) in [6.07, 6.45) is 2.59. The molecular weight excluding hydrogens is 302 g/mol. The predicted molar refractivity (Wildman–Crippen MR) is 74.4 cm³/mol. The van der Waals surface area contributed by atoms with Gasteiger partial charge in [-0.2, -0.15) is 5.10 Å². The van der Waals surface area contributed by atoms with Crippen molar-refractivity contribution < 1.29 is 0 Å². The number of aryl methyl sites for hydroxylation is 2. The number of nitrogens with zero attached hydrogens (tertiary/aromatic N) is 2. The molecule has 1 unspecified atom stereocenters. The smallest absolute Gasteiger partial charge is 0.0739 e. The third-order valence-corrected chi connectivity index (χ3v) is 4.76. The highest BCUT2D eigenvalue weighted by molar-refractivity contribution is 9.10. The Bertz CT molecular complexity index is 387. The minimum absolute atomic E-state index is 0.285. The number of nitrogens with one attached hydrogen (secondary N) is 1. The molecule has 5 heteroatoms. The summed E-state index contributed by atoms with van der Waals surface area (Å²) in [5.41, 5.74) is 2.26. The van der Waals surface area contributed by atoms with Gasteiger partial charge < -0.3 is 5.32 Å². The van der Waals surface area contributed by atoms with E-state index >= 15 is 0 Å². The minimum Gasteiger partial charge on any atom is -0.310 e. The van der Waals surface area contributed by atoms with E-state index in [1.54, 1.807) is 0 Å². The summed E-state index contributed by atoms with van der Waals surface area (Å²) >= 11 is 9.86. The zero-order chi connectivity index (χ0) is 12.4. The molecule has 2 rings (SSSR count). The molecule has 0 aliphatic heterocycles. The third kappa shape index (κ3) is 3.24. The first kappa shape index (κ1) is 13.4. The molecule has 1 atom stereocenters. The topological polar surface area (TPSA) is 29.9 Å². The van der Waals surface area contributed by atoms with Crippen LogP contribution in [0, 0.1) is 12.8 Å². The van der Waals surface area contributed by atoms with Crippen LogP contribution in [-0.4, -0.2) is 21.7 Å². The van der Waals surface area contributed by atoms with E-state index in [9.17, 15) is 0 Å². The van der Waals surface area contributed by atoms with Gasteiger partial charge in [0.25, 0.3) is 0 Å². The fraction of sp³-hybridized carbons (Fsp3) is 0.750. The Morgan fingerprint density at radius 3 is 2.88 bits per heavy atom. The normalized spacial score (nSPS) is 17.4. The van der Waals surface area contributed by atoms with Crippen molar-refractivity contribution in [3.63, 3.8) is 0 Å². The average Bonchev–Trinajstić information content (AvgIpc) is 3.11. The van der Waals surface area contributed by atoms with E-state index in [2.05, 4.69) is 33.3 Å². The second-order valence-corrected chi connectivity index (χ2v) is 6.00. The fourth-order valence-corrected chi connectivity index (χ4v) is 2.78. The molecule has 1 N–H and O–H groups in total. The fourth-order valence-electron chi connectivity index (χ4n) is 1.99. The van der Waals surface area contributed by atoms with Crippen LogP contribution in [0.4, 0.5) is 0 Å². The summed E-state index contributed by atoms with van der Waals surface area (Å²) in [6.45, 7) is 6.74.